The van der Waals surface area contributed by atoms with Gasteiger partial charge in [-0.25, -0.2) is 0 Å². The van der Waals surface area contributed by atoms with Gasteiger partial charge in [0.05, 0.1) is 23.0 Å². The van der Waals surface area contributed by atoms with Crippen LogP contribution in [0, 0.1) is 11.3 Å². The maximum Gasteiger partial charge on any atom is 0.148 e. The Bertz CT molecular complexity index is 619. The zero-order chi connectivity index (χ0) is 14.5. The minimum Gasteiger partial charge on any atom is -0.394 e. The summed E-state index contributed by atoms with van der Waals surface area (Å²) in [5.74, 6) is 0.845. The molecule has 0 saturated heterocycles. The second-order valence-electron chi connectivity index (χ2n) is 4.74. The molecule has 2 aromatic rings. The Labute approximate surface area is 119 Å². The third kappa shape index (κ3) is 2.91. The van der Waals surface area contributed by atoms with Crippen molar-refractivity contribution < 1.29 is 0 Å². The Morgan fingerprint density at radius 2 is 2.05 bits per heavy atom. The quantitative estimate of drug-likeness (QED) is 0.873. The molecule has 0 amide bonds. The lowest BCUT2D eigenvalue weighted by molar-refractivity contribution is 0.735. The van der Waals surface area contributed by atoms with Crippen LogP contribution in [0.1, 0.15) is 30.2 Å². The Kier molecular flexibility index (Phi) is 4.26. The van der Waals surface area contributed by atoms with E-state index in [0.29, 0.717) is 12.1 Å². The van der Waals surface area contributed by atoms with Gasteiger partial charge in [-0.1, -0.05) is 25.5 Å². The summed E-state index contributed by atoms with van der Waals surface area (Å²) in [6.07, 6.45) is 1.91. The van der Waals surface area contributed by atoms with Crippen LogP contribution in [0.25, 0.3) is 0 Å². The van der Waals surface area contributed by atoms with Gasteiger partial charge in [0.15, 0.2) is 0 Å². The number of nitrogens with two attached hydrogens (primary N) is 1. The molecule has 1 heterocycles. The van der Waals surface area contributed by atoms with Crippen LogP contribution in [0.4, 0.5) is 11.5 Å². The molecular weight excluding hydrogens is 250 g/mol. The van der Waals surface area contributed by atoms with Crippen LogP contribution in [0.5, 0.6) is 0 Å². The van der Waals surface area contributed by atoms with Crippen LogP contribution in [0.3, 0.4) is 0 Å². The molecule has 0 atom stereocenters. The first-order valence-corrected chi connectivity index (χ1v) is 6.70. The molecule has 2 rings (SSSR count). The molecule has 0 aliphatic carbocycles. The van der Waals surface area contributed by atoms with E-state index in [-0.39, 0.29) is 0 Å². The number of nitriles is 1. The predicted molar refractivity (Wildman–Crippen MR) is 80.1 cm³/mol. The molecule has 0 bridgehead atoms. The highest BCUT2D eigenvalue weighted by Crippen LogP contribution is 2.23. The highest BCUT2D eigenvalue weighted by Gasteiger charge is 2.11. The predicted octanol–water partition coefficient (Wildman–Crippen LogP) is 2.44. The average Bonchev–Trinajstić information content (AvgIpc) is 2.72. The molecule has 0 aliphatic rings. The SMILES string of the molecule is CCCc1nn(C)c(NCc2ccc(C#N)cc2)c1N. The van der Waals surface area contributed by atoms with Crippen molar-refractivity contribution in [1.82, 2.24) is 9.78 Å². The van der Waals surface area contributed by atoms with Gasteiger partial charge < -0.3 is 11.1 Å². The number of anilines is 2. The fraction of sp³-hybridized carbons (Fsp3) is 0.333. The Hall–Kier alpha value is -2.48. The topological polar surface area (TPSA) is 79.7 Å². The van der Waals surface area contributed by atoms with Crippen molar-refractivity contribution in [3.05, 3.63) is 41.1 Å². The first-order chi connectivity index (χ1) is 9.65. The monoisotopic (exact) mass is 269 g/mol. The van der Waals surface area contributed by atoms with Crippen LogP contribution < -0.4 is 11.1 Å². The zero-order valence-corrected chi connectivity index (χ0v) is 11.8. The normalized spacial score (nSPS) is 10.2. The van der Waals surface area contributed by atoms with Gasteiger partial charge in [-0.05, 0) is 24.1 Å². The van der Waals surface area contributed by atoms with E-state index in [1.54, 1.807) is 4.68 Å². The molecule has 104 valence electrons. The maximum atomic E-state index is 8.77. The van der Waals surface area contributed by atoms with E-state index in [2.05, 4.69) is 23.4 Å². The van der Waals surface area contributed by atoms with Gasteiger partial charge in [0.25, 0.3) is 0 Å². The van der Waals surface area contributed by atoms with E-state index in [1.807, 2.05) is 31.3 Å². The van der Waals surface area contributed by atoms with Crippen LogP contribution in [-0.4, -0.2) is 9.78 Å². The molecule has 0 unspecified atom stereocenters. The largest absolute Gasteiger partial charge is 0.394 e. The molecule has 5 nitrogen and oxygen atoms in total. The number of nitrogen functional groups attached to an aromatic ring is 1. The number of aryl methyl sites for hydroxylation is 2. The summed E-state index contributed by atoms with van der Waals surface area (Å²) in [4.78, 5) is 0. The van der Waals surface area contributed by atoms with Crippen molar-refractivity contribution in [2.75, 3.05) is 11.1 Å². The molecule has 20 heavy (non-hydrogen) atoms. The van der Waals surface area contributed by atoms with Crippen molar-refractivity contribution in [1.29, 1.82) is 5.26 Å². The van der Waals surface area contributed by atoms with Crippen LogP contribution in [0.2, 0.25) is 0 Å². The Morgan fingerprint density at radius 3 is 2.65 bits per heavy atom. The smallest absolute Gasteiger partial charge is 0.148 e. The lowest BCUT2D eigenvalue weighted by atomic mass is 10.1. The summed E-state index contributed by atoms with van der Waals surface area (Å²) in [7, 11) is 1.89. The second kappa shape index (κ2) is 6.11. The number of aromatic nitrogens is 2. The van der Waals surface area contributed by atoms with Crippen molar-refractivity contribution in [3.63, 3.8) is 0 Å². The minimum absolute atomic E-state index is 0.654. The van der Waals surface area contributed by atoms with E-state index in [4.69, 9.17) is 11.0 Å². The molecule has 3 N–H and O–H groups in total. The van der Waals surface area contributed by atoms with Gasteiger partial charge in [0.2, 0.25) is 0 Å². The molecule has 0 saturated carbocycles. The molecule has 0 aliphatic heterocycles. The standard InChI is InChI=1S/C15H19N5/c1-3-4-13-14(17)15(20(2)19-13)18-10-12-7-5-11(9-16)6-8-12/h5-8,18H,3-4,10,17H2,1-2H3. The third-order valence-electron chi connectivity index (χ3n) is 3.19. The lowest BCUT2D eigenvalue weighted by Crippen LogP contribution is -2.06. The van der Waals surface area contributed by atoms with Crippen LogP contribution in [-0.2, 0) is 20.0 Å². The number of hydrogen-bond acceptors (Lipinski definition) is 4. The van der Waals surface area contributed by atoms with E-state index in [0.717, 1.165) is 35.6 Å². The summed E-state index contributed by atoms with van der Waals surface area (Å²) >= 11 is 0. The number of nitrogens with one attached hydrogen (secondary N) is 1. The molecule has 5 heteroatoms. The molecule has 0 spiro atoms. The average molecular weight is 269 g/mol. The van der Waals surface area contributed by atoms with Crippen LogP contribution >= 0.6 is 0 Å². The Balaban J connectivity index is 2.08. The number of benzene rings is 1. The van der Waals surface area contributed by atoms with Gasteiger partial charge >= 0.3 is 0 Å². The summed E-state index contributed by atoms with van der Waals surface area (Å²) in [5.41, 5.74) is 9.54. The van der Waals surface area contributed by atoms with Crippen molar-refractivity contribution in [2.45, 2.75) is 26.3 Å². The van der Waals surface area contributed by atoms with Gasteiger partial charge in [0.1, 0.15) is 5.82 Å². The number of rotatable bonds is 5. The van der Waals surface area contributed by atoms with Gasteiger partial charge in [0, 0.05) is 13.6 Å². The van der Waals surface area contributed by atoms with Crippen molar-refractivity contribution in [2.24, 2.45) is 7.05 Å². The zero-order valence-electron chi connectivity index (χ0n) is 11.8. The first-order valence-electron chi connectivity index (χ1n) is 6.70. The number of nitrogens with zero attached hydrogens (tertiary/aromatic N) is 3. The third-order valence-corrected chi connectivity index (χ3v) is 3.19. The fourth-order valence-electron chi connectivity index (χ4n) is 2.11. The van der Waals surface area contributed by atoms with Gasteiger partial charge in [-0.2, -0.15) is 10.4 Å². The van der Waals surface area contributed by atoms with Gasteiger partial charge in [-0.3, -0.25) is 4.68 Å². The molecular formula is C15H19N5. The molecule has 0 radical (unpaired) electrons. The first kappa shape index (κ1) is 13.9. The second-order valence-corrected chi connectivity index (χ2v) is 4.74. The highest BCUT2D eigenvalue weighted by molar-refractivity contribution is 5.65. The summed E-state index contributed by atoms with van der Waals surface area (Å²) in [6.45, 7) is 2.76. The van der Waals surface area contributed by atoms with Gasteiger partial charge in [-0.15, -0.1) is 0 Å². The van der Waals surface area contributed by atoms with Crippen molar-refractivity contribution >= 4 is 11.5 Å². The summed E-state index contributed by atoms with van der Waals surface area (Å²) in [5, 5.41) is 16.5. The van der Waals surface area contributed by atoms with Crippen molar-refractivity contribution in [3.8, 4) is 6.07 Å². The van der Waals surface area contributed by atoms with E-state index >= 15 is 0 Å². The highest BCUT2D eigenvalue weighted by atomic mass is 15.3. The molecule has 1 aromatic heterocycles. The minimum atomic E-state index is 0.654. The maximum absolute atomic E-state index is 8.77. The van der Waals surface area contributed by atoms with E-state index in [1.165, 1.54) is 0 Å². The molecule has 1 aromatic carbocycles. The Morgan fingerprint density at radius 1 is 1.35 bits per heavy atom. The fourth-order valence-corrected chi connectivity index (χ4v) is 2.11. The number of hydrogen-bond donors (Lipinski definition) is 2. The van der Waals surface area contributed by atoms with E-state index in [9.17, 15) is 0 Å². The lowest BCUT2D eigenvalue weighted by Gasteiger charge is -2.08. The summed E-state index contributed by atoms with van der Waals surface area (Å²) < 4.78 is 1.78. The summed E-state index contributed by atoms with van der Waals surface area (Å²) in [6, 6.07) is 9.60. The molecule has 0 fully saturated rings. The van der Waals surface area contributed by atoms with Crippen LogP contribution in [0.15, 0.2) is 24.3 Å². The van der Waals surface area contributed by atoms with E-state index < -0.39 is 0 Å².